The SMILES string of the molecule is Cc1nc2cc(-n3ncc(C(=O)c4cc5cc(C(C)N6CCCC(F)(F)C6)ccc5[nH]4)c3N)ccc2[nH]1. The first-order valence-electron chi connectivity index (χ1n) is 12.3. The Hall–Kier alpha value is -4.05. The lowest BCUT2D eigenvalue weighted by atomic mass is 10.0. The lowest BCUT2D eigenvalue weighted by Crippen LogP contribution is -2.43. The van der Waals surface area contributed by atoms with Crippen LogP contribution in [-0.2, 0) is 0 Å². The zero-order chi connectivity index (χ0) is 25.9. The van der Waals surface area contributed by atoms with E-state index < -0.39 is 5.92 Å². The Morgan fingerprint density at radius 2 is 1.95 bits per heavy atom. The van der Waals surface area contributed by atoms with Crippen molar-refractivity contribution in [2.24, 2.45) is 0 Å². The number of rotatable bonds is 5. The number of benzene rings is 2. The van der Waals surface area contributed by atoms with Crippen molar-refractivity contribution >= 4 is 33.5 Å². The third-order valence-electron chi connectivity index (χ3n) is 7.22. The molecule has 8 nitrogen and oxygen atoms in total. The quantitative estimate of drug-likeness (QED) is 0.288. The van der Waals surface area contributed by atoms with Crippen molar-refractivity contribution < 1.29 is 13.6 Å². The standard InChI is InChI=1S/C27H27F2N7O/c1-15(35-9-3-8-27(28,29)14-35)17-4-6-21-18(10-17)11-24(34-21)25(37)20-13-31-36(26(20)30)19-5-7-22-23(12-19)33-16(2)32-22/h4-7,10-13,15,34H,3,8-9,14,30H2,1-2H3,(H,32,33). The average Bonchev–Trinajstić information content (AvgIpc) is 3.56. The van der Waals surface area contributed by atoms with Gasteiger partial charge in [-0.15, -0.1) is 0 Å². The molecule has 5 aromatic rings. The van der Waals surface area contributed by atoms with E-state index in [4.69, 9.17) is 5.73 Å². The number of fused-ring (bicyclic) bond motifs is 2. The number of aromatic amines is 2. The largest absolute Gasteiger partial charge is 0.383 e. The molecular formula is C27H27F2N7O. The first-order valence-corrected chi connectivity index (χ1v) is 12.3. The molecule has 37 heavy (non-hydrogen) atoms. The van der Waals surface area contributed by atoms with Crippen molar-refractivity contribution in [3.05, 3.63) is 71.3 Å². The number of nitrogen functional groups attached to an aromatic ring is 1. The number of carbonyl (C=O) groups is 1. The number of aryl methyl sites for hydroxylation is 1. The highest BCUT2D eigenvalue weighted by atomic mass is 19.3. The van der Waals surface area contributed by atoms with E-state index in [-0.39, 0.29) is 36.2 Å². The molecule has 1 atom stereocenters. The van der Waals surface area contributed by atoms with Gasteiger partial charge < -0.3 is 15.7 Å². The Morgan fingerprint density at radius 1 is 1.14 bits per heavy atom. The summed E-state index contributed by atoms with van der Waals surface area (Å²) in [6, 6.07) is 13.0. The van der Waals surface area contributed by atoms with Crippen LogP contribution in [0.25, 0.3) is 27.6 Å². The van der Waals surface area contributed by atoms with Crippen LogP contribution in [0.4, 0.5) is 14.6 Å². The molecule has 10 heteroatoms. The minimum atomic E-state index is -2.66. The number of carbonyl (C=O) groups excluding carboxylic acids is 1. The van der Waals surface area contributed by atoms with E-state index >= 15 is 0 Å². The molecule has 0 radical (unpaired) electrons. The van der Waals surface area contributed by atoms with Crippen molar-refractivity contribution in [2.75, 3.05) is 18.8 Å². The molecule has 190 valence electrons. The zero-order valence-corrected chi connectivity index (χ0v) is 20.6. The van der Waals surface area contributed by atoms with Crippen LogP contribution >= 0.6 is 0 Å². The number of hydrogen-bond acceptors (Lipinski definition) is 5. The van der Waals surface area contributed by atoms with E-state index in [1.807, 2.05) is 55.1 Å². The van der Waals surface area contributed by atoms with Gasteiger partial charge in [0.1, 0.15) is 11.6 Å². The number of imidazole rings is 1. The van der Waals surface area contributed by atoms with Crippen molar-refractivity contribution in [3.63, 3.8) is 0 Å². The topological polar surface area (TPSA) is 109 Å². The normalized spacial score (nSPS) is 17.0. The summed E-state index contributed by atoms with van der Waals surface area (Å²) >= 11 is 0. The number of halogens is 2. The van der Waals surface area contributed by atoms with Gasteiger partial charge in [0, 0.05) is 23.4 Å². The summed E-state index contributed by atoms with van der Waals surface area (Å²) in [5.74, 6) is -1.89. The number of H-pyrrole nitrogens is 2. The maximum Gasteiger partial charge on any atom is 0.260 e. The van der Waals surface area contributed by atoms with Crippen molar-refractivity contribution in [2.45, 2.75) is 38.7 Å². The van der Waals surface area contributed by atoms with Gasteiger partial charge >= 0.3 is 0 Å². The Bertz CT molecular complexity index is 1650. The molecule has 4 heterocycles. The number of ketones is 1. The van der Waals surface area contributed by atoms with E-state index in [2.05, 4.69) is 20.1 Å². The Morgan fingerprint density at radius 3 is 2.76 bits per heavy atom. The number of likely N-dealkylation sites (tertiary alicyclic amines) is 1. The molecule has 0 spiro atoms. The van der Waals surface area contributed by atoms with Crippen LogP contribution in [0.5, 0.6) is 0 Å². The van der Waals surface area contributed by atoms with Gasteiger partial charge in [-0.05, 0) is 68.8 Å². The summed E-state index contributed by atoms with van der Waals surface area (Å²) in [5.41, 5.74) is 11.1. The zero-order valence-electron chi connectivity index (χ0n) is 20.6. The third-order valence-corrected chi connectivity index (χ3v) is 7.22. The molecule has 0 bridgehead atoms. The van der Waals surface area contributed by atoms with Crippen LogP contribution in [0.2, 0.25) is 0 Å². The molecule has 1 fully saturated rings. The summed E-state index contributed by atoms with van der Waals surface area (Å²) < 4.78 is 29.4. The molecule has 1 aliphatic heterocycles. The third kappa shape index (κ3) is 4.17. The molecule has 3 aromatic heterocycles. The van der Waals surface area contributed by atoms with E-state index in [0.29, 0.717) is 24.3 Å². The maximum atomic E-state index is 13.9. The Kier molecular flexibility index (Phi) is 5.38. The molecule has 4 N–H and O–H groups in total. The van der Waals surface area contributed by atoms with Crippen molar-refractivity contribution in [1.82, 2.24) is 29.6 Å². The second kappa shape index (κ2) is 8.52. The molecule has 2 aromatic carbocycles. The molecule has 1 aliphatic rings. The fraction of sp³-hybridized carbons (Fsp3) is 0.296. The molecular weight excluding hydrogens is 476 g/mol. The van der Waals surface area contributed by atoms with Gasteiger partial charge in [0.25, 0.3) is 5.92 Å². The van der Waals surface area contributed by atoms with Gasteiger partial charge in [0.15, 0.2) is 0 Å². The number of nitrogens with one attached hydrogen (secondary N) is 2. The molecule has 1 saturated heterocycles. The highest BCUT2D eigenvalue weighted by Crippen LogP contribution is 2.33. The van der Waals surface area contributed by atoms with Crippen LogP contribution in [-0.4, -0.2) is 54.4 Å². The molecule has 0 amide bonds. The summed E-state index contributed by atoms with van der Waals surface area (Å²) in [7, 11) is 0. The Balaban J connectivity index is 1.27. The van der Waals surface area contributed by atoms with E-state index in [1.54, 1.807) is 6.07 Å². The number of alkyl halides is 2. The summed E-state index contributed by atoms with van der Waals surface area (Å²) in [4.78, 5) is 26.0. The molecule has 0 aliphatic carbocycles. The Labute approximate surface area is 211 Å². The first-order chi connectivity index (χ1) is 17.7. The molecule has 0 saturated carbocycles. The van der Waals surface area contributed by atoms with Crippen LogP contribution in [0.15, 0.2) is 48.7 Å². The fourth-order valence-electron chi connectivity index (χ4n) is 5.21. The minimum Gasteiger partial charge on any atom is -0.383 e. The average molecular weight is 504 g/mol. The highest BCUT2D eigenvalue weighted by molar-refractivity contribution is 6.12. The number of piperidine rings is 1. The number of anilines is 1. The van der Waals surface area contributed by atoms with Gasteiger partial charge in [-0.25, -0.2) is 18.4 Å². The summed E-state index contributed by atoms with van der Waals surface area (Å²) in [6.45, 7) is 4.23. The van der Waals surface area contributed by atoms with Crippen LogP contribution < -0.4 is 5.73 Å². The van der Waals surface area contributed by atoms with E-state index in [1.165, 1.54) is 10.9 Å². The predicted octanol–water partition coefficient (Wildman–Crippen LogP) is 5.14. The number of hydrogen-bond donors (Lipinski definition) is 3. The summed E-state index contributed by atoms with van der Waals surface area (Å²) in [5, 5.41) is 5.19. The van der Waals surface area contributed by atoms with E-state index in [0.717, 1.165) is 33.3 Å². The second-order valence-corrected chi connectivity index (χ2v) is 9.84. The van der Waals surface area contributed by atoms with Crippen LogP contribution in [0.3, 0.4) is 0 Å². The lowest BCUT2D eigenvalue weighted by molar-refractivity contribution is -0.0737. The maximum absolute atomic E-state index is 13.9. The lowest BCUT2D eigenvalue weighted by Gasteiger charge is -2.36. The summed E-state index contributed by atoms with van der Waals surface area (Å²) in [6.07, 6.45) is 1.88. The molecule has 1 unspecified atom stereocenters. The first kappa shape index (κ1) is 23.4. The van der Waals surface area contributed by atoms with Gasteiger partial charge in [-0.3, -0.25) is 9.69 Å². The van der Waals surface area contributed by atoms with E-state index in [9.17, 15) is 13.6 Å². The fourth-order valence-corrected chi connectivity index (χ4v) is 5.21. The van der Waals surface area contributed by atoms with Crippen LogP contribution in [0.1, 0.15) is 53.2 Å². The van der Waals surface area contributed by atoms with Gasteiger partial charge in [-0.2, -0.15) is 5.10 Å². The highest BCUT2D eigenvalue weighted by Gasteiger charge is 2.37. The second-order valence-electron chi connectivity index (χ2n) is 9.84. The number of nitrogens with zero attached hydrogens (tertiary/aromatic N) is 4. The monoisotopic (exact) mass is 503 g/mol. The van der Waals surface area contributed by atoms with Crippen molar-refractivity contribution in [3.8, 4) is 5.69 Å². The van der Waals surface area contributed by atoms with Gasteiger partial charge in [0.2, 0.25) is 5.78 Å². The number of nitrogens with two attached hydrogens (primary N) is 1. The van der Waals surface area contributed by atoms with Crippen LogP contribution in [0, 0.1) is 6.92 Å². The van der Waals surface area contributed by atoms with Crippen molar-refractivity contribution in [1.29, 1.82) is 0 Å². The number of aromatic nitrogens is 5. The smallest absolute Gasteiger partial charge is 0.260 e. The van der Waals surface area contributed by atoms with Gasteiger partial charge in [0.05, 0.1) is 40.7 Å². The molecule has 6 rings (SSSR count). The minimum absolute atomic E-state index is 0.0600. The van der Waals surface area contributed by atoms with Gasteiger partial charge in [-0.1, -0.05) is 6.07 Å². The predicted molar refractivity (Wildman–Crippen MR) is 138 cm³/mol.